The Labute approximate surface area is 176 Å². The molecule has 0 bridgehead atoms. The van der Waals surface area contributed by atoms with Crippen molar-refractivity contribution in [3.05, 3.63) is 71.6 Å². The van der Waals surface area contributed by atoms with Crippen molar-refractivity contribution >= 4 is 5.91 Å². The zero-order valence-corrected chi connectivity index (χ0v) is 17.1. The van der Waals surface area contributed by atoms with E-state index >= 15 is 0 Å². The number of carbonyl (C=O) groups is 1. The Morgan fingerprint density at radius 3 is 2.70 bits per heavy atom. The van der Waals surface area contributed by atoms with Crippen LogP contribution < -0.4 is 10.1 Å². The van der Waals surface area contributed by atoms with Gasteiger partial charge in [-0.25, -0.2) is 4.98 Å². The minimum atomic E-state index is -0.122. The number of oxazole rings is 1. The lowest BCUT2D eigenvalue weighted by Gasteiger charge is -2.11. The largest absolute Gasteiger partial charge is 0.491 e. The van der Waals surface area contributed by atoms with E-state index in [-0.39, 0.29) is 12.0 Å². The zero-order chi connectivity index (χ0) is 20.8. The predicted molar refractivity (Wildman–Crippen MR) is 114 cm³/mol. The van der Waals surface area contributed by atoms with Gasteiger partial charge >= 0.3 is 0 Å². The second kappa shape index (κ2) is 9.59. The molecule has 2 aromatic carbocycles. The fraction of sp³-hybridized carbons (Fsp3) is 0.333. The van der Waals surface area contributed by atoms with Crippen molar-refractivity contribution < 1.29 is 18.7 Å². The number of nitrogens with zero attached hydrogens (tertiary/aromatic N) is 1. The summed E-state index contributed by atoms with van der Waals surface area (Å²) in [5, 5.41) is 2.92. The van der Waals surface area contributed by atoms with E-state index in [1.807, 2.05) is 43.3 Å². The second-order valence-corrected chi connectivity index (χ2v) is 7.49. The molecule has 1 aliphatic heterocycles. The van der Waals surface area contributed by atoms with Crippen LogP contribution in [-0.4, -0.2) is 36.8 Å². The number of rotatable bonds is 8. The summed E-state index contributed by atoms with van der Waals surface area (Å²) >= 11 is 0. The lowest BCUT2D eigenvalue weighted by molar-refractivity contribution is 0.0679. The fourth-order valence-electron chi connectivity index (χ4n) is 3.32. The molecule has 1 unspecified atom stereocenters. The van der Waals surface area contributed by atoms with Gasteiger partial charge < -0.3 is 19.2 Å². The highest BCUT2D eigenvalue weighted by Crippen LogP contribution is 2.19. The smallest absolute Gasteiger partial charge is 0.251 e. The molecule has 0 spiro atoms. The summed E-state index contributed by atoms with van der Waals surface area (Å²) in [6.07, 6.45) is 4.55. The van der Waals surface area contributed by atoms with E-state index in [0.29, 0.717) is 31.0 Å². The van der Waals surface area contributed by atoms with Crippen molar-refractivity contribution in [3.63, 3.8) is 0 Å². The molecule has 156 valence electrons. The van der Waals surface area contributed by atoms with Crippen molar-refractivity contribution in [1.29, 1.82) is 0 Å². The third-order valence-corrected chi connectivity index (χ3v) is 5.09. The summed E-state index contributed by atoms with van der Waals surface area (Å²) in [5.74, 6) is 1.21. The SMILES string of the molecule is Cc1ccc(-c2nc(CCNC(=O)c3ccc(OCC4CCCO4)cc3)co2)cc1. The van der Waals surface area contributed by atoms with Crippen molar-refractivity contribution in [2.75, 3.05) is 19.8 Å². The Morgan fingerprint density at radius 2 is 1.97 bits per heavy atom. The van der Waals surface area contributed by atoms with Crippen molar-refractivity contribution in [2.45, 2.75) is 32.3 Å². The molecule has 30 heavy (non-hydrogen) atoms. The molecule has 1 N–H and O–H groups in total. The molecule has 1 fully saturated rings. The van der Waals surface area contributed by atoms with E-state index in [4.69, 9.17) is 13.9 Å². The van der Waals surface area contributed by atoms with Crippen LogP contribution >= 0.6 is 0 Å². The van der Waals surface area contributed by atoms with Gasteiger partial charge in [-0.3, -0.25) is 4.79 Å². The molecular weight excluding hydrogens is 380 g/mol. The molecule has 1 saturated heterocycles. The maximum atomic E-state index is 12.4. The quantitative estimate of drug-likeness (QED) is 0.607. The number of ether oxygens (including phenoxy) is 2. The van der Waals surface area contributed by atoms with Gasteiger partial charge in [0.2, 0.25) is 5.89 Å². The maximum Gasteiger partial charge on any atom is 0.251 e. The molecule has 0 radical (unpaired) electrons. The Hall–Kier alpha value is -3.12. The molecule has 6 heteroatoms. The molecule has 0 saturated carbocycles. The molecule has 1 atom stereocenters. The van der Waals surface area contributed by atoms with Gasteiger partial charge in [0, 0.05) is 30.7 Å². The number of carbonyl (C=O) groups excluding carboxylic acids is 1. The van der Waals surface area contributed by atoms with E-state index in [1.54, 1.807) is 18.4 Å². The van der Waals surface area contributed by atoms with Crippen LogP contribution in [0.15, 0.2) is 59.2 Å². The molecule has 1 aromatic heterocycles. The number of hydrogen-bond acceptors (Lipinski definition) is 5. The standard InChI is InChI=1S/C24H26N2O4/c1-17-4-6-19(7-5-17)24-26-20(15-30-24)12-13-25-23(27)18-8-10-21(11-9-18)29-16-22-3-2-14-28-22/h4-11,15,22H,2-3,12-14,16H2,1H3,(H,25,27). The van der Waals surface area contributed by atoms with Crippen LogP contribution in [0.5, 0.6) is 5.75 Å². The van der Waals surface area contributed by atoms with Crippen LogP contribution in [0.3, 0.4) is 0 Å². The van der Waals surface area contributed by atoms with E-state index in [1.165, 1.54) is 5.56 Å². The number of aromatic nitrogens is 1. The van der Waals surface area contributed by atoms with Crippen LogP contribution in [-0.2, 0) is 11.2 Å². The van der Waals surface area contributed by atoms with Crippen molar-refractivity contribution in [1.82, 2.24) is 10.3 Å². The van der Waals surface area contributed by atoms with Crippen LogP contribution in [0.1, 0.15) is 34.5 Å². The third kappa shape index (κ3) is 5.27. The minimum Gasteiger partial charge on any atom is -0.491 e. The molecule has 1 amide bonds. The Balaban J connectivity index is 1.23. The number of nitrogens with one attached hydrogen (secondary N) is 1. The maximum absolute atomic E-state index is 12.4. The van der Waals surface area contributed by atoms with Gasteiger partial charge in [-0.1, -0.05) is 17.7 Å². The molecule has 1 aliphatic rings. The van der Waals surface area contributed by atoms with Gasteiger partial charge in [-0.15, -0.1) is 0 Å². The predicted octanol–water partition coefficient (Wildman–Crippen LogP) is 4.18. The van der Waals surface area contributed by atoms with Crippen molar-refractivity contribution in [3.8, 4) is 17.2 Å². The molecule has 6 nitrogen and oxygen atoms in total. The average molecular weight is 406 g/mol. The van der Waals surface area contributed by atoms with Crippen LogP contribution in [0, 0.1) is 6.92 Å². The van der Waals surface area contributed by atoms with Gasteiger partial charge in [0.15, 0.2) is 0 Å². The second-order valence-electron chi connectivity index (χ2n) is 7.49. The lowest BCUT2D eigenvalue weighted by atomic mass is 10.1. The first-order valence-electron chi connectivity index (χ1n) is 10.3. The van der Waals surface area contributed by atoms with E-state index in [9.17, 15) is 4.79 Å². The van der Waals surface area contributed by atoms with Crippen molar-refractivity contribution in [2.24, 2.45) is 0 Å². The Kier molecular flexibility index (Phi) is 6.44. The summed E-state index contributed by atoms with van der Waals surface area (Å²) < 4.78 is 16.8. The van der Waals surface area contributed by atoms with Gasteiger partial charge in [-0.05, 0) is 56.2 Å². The van der Waals surface area contributed by atoms with E-state index < -0.39 is 0 Å². The highest BCUT2D eigenvalue weighted by Gasteiger charge is 2.16. The number of hydrogen-bond donors (Lipinski definition) is 1. The normalized spacial score (nSPS) is 15.8. The monoisotopic (exact) mass is 406 g/mol. The summed E-state index contributed by atoms with van der Waals surface area (Å²) in [4.78, 5) is 16.9. The van der Waals surface area contributed by atoms with Gasteiger partial charge in [0.25, 0.3) is 5.91 Å². The minimum absolute atomic E-state index is 0.122. The highest BCUT2D eigenvalue weighted by atomic mass is 16.5. The number of aryl methyl sites for hydroxylation is 1. The first kappa shape index (κ1) is 20.2. The first-order valence-corrected chi connectivity index (χ1v) is 10.3. The van der Waals surface area contributed by atoms with Crippen LogP contribution in [0.25, 0.3) is 11.5 Å². The Bertz CT molecular complexity index is 958. The summed E-state index contributed by atoms with van der Waals surface area (Å²) in [6, 6.07) is 15.2. The summed E-state index contributed by atoms with van der Waals surface area (Å²) in [6.45, 7) is 3.89. The van der Waals surface area contributed by atoms with Gasteiger partial charge in [0.05, 0.1) is 11.8 Å². The number of benzene rings is 2. The number of amides is 1. The Morgan fingerprint density at radius 1 is 1.17 bits per heavy atom. The molecule has 0 aliphatic carbocycles. The molecule has 4 rings (SSSR count). The van der Waals surface area contributed by atoms with Gasteiger partial charge in [-0.2, -0.15) is 0 Å². The first-order chi connectivity index (χ1) is 14.7. The van der Waals surface area contributed by atoms with Crippen LogP contribution in [0.2, 0.25) is 0 Å². The molecule has 2 heterocycles. The highest BCUT2D eigenvalue weighted by molar-refractivity contribution is 5.94. The zero-order valence-electron chi connectivity index (χ0n) is 17.1. The van der Waals surface area contributed by atoms with Gasteiger partial charge in [0.1, 0.15) is 18.6 Å². The lowest BCUT2D eigenvalue weighted by Crippen LogP contribution is -2.25. The average Bonchev–Trinajstić information content (AvgIpc) is 3.45. The molecule has 3 aromatic rings. The summed E-state index contributed by atoms with van der Waals surface area (Å²) in [5.41, 5.74) is 3.54. The summed E-state index contributed by atoms with van der Waals surface area (Å²) in [7, 11) is 0. The van der Waals surface area contributed by atoms with E-state index in [2.05, 4.69) is 10.3 Å². The fourth-order valence-corrected chi connectivity index (χ4v) is 3.32. The van der Waals surface area contributed by atoms with E-state index in [0.717, 1.165) is 36.5 Å². The molecular formula is C24H26N2O4. The van der Waals surface area contributed by atoms with Crippen LogP contribution in [0.4, 0.5) is 0 Å². The topological polar surface area (TPSA) is 73.6 Å². The third-order valence-electron chi connectivity index (χ3n) is 5.09.